The third-order valence-electron chi connectivity index (χ3n) is 9.21. The first kappa shape index (κ1) is 35.5. The van der Waals surface area contributed by atoms with Crippen LogP contribution in [0.2, 0.25) is 0 Å². The van der Waals surface area contributed by atoms with Gasteiger partial charge in [0.1, 0.15) is 11.0 Å². The van der Waals surface area contributed by atoms with Gasteiger partial charge < -0.3 is 40.9 Å². The number of nitrogens with one attached hydrogen (secondary N) is 4. The molecule has 12 nitrogen and oxygen atoms in total. The van der Waals surface area contributed by atoms with Gasteiger partial charge >= 0.3 is 0 Å². The van der Waals surface area contributed by atoms with Gasteiger partial charge in [-0.1, -0.05) is 21.6 Å². The average Bonchev–Trinajstić information content (AvgIpc) is 4.01. The van der Waals surface area contributed by atoms with Crippen molar-refractivity contribution in [2.75, 3.05) is 37.7 Å². The van der Waals surface area contributed by atoms with Crippen molar-refractivity contribution >= 4 is 77.4 Å². The molecular formula is C40H38N8O4S2. The summed E-state index contributed by atoms with van der Waals surface area (Å²) in [5.74, 6) is 2.17. The van der Waals surface area contributed by atoms with E-state index in [0.29, 0.717) is 60.3 Å². The number of fused-ring (bicyclic) bond motifs is 6. The summed E-state index contributed by atoms with van der Waals surface area (Å²) in [5.41, 5.74) is 21.5. The van der Waals surface area contributed by atoms with Crippen LogP contribution in [0, 0.1) is 0 Å². The van der Waals surface area contributed by atoms with Gasteiger partial charge in [-0.3, -0.25) is 9.59 Å². The number of oxazole rings is 2. The molecular weight excluding hydrogens is 721 g/mol. The minimum absolute atomic E-state index is 0.144. The molecule has 0 bridgehead atoms. The summed E-state index contributed by atoms with van der Waals surface area (Å²) in [6.07, 6.45) is 5.44. The first-order valence-corrected chi connectivity index (χ1v) is 20.2. The molecule has 0 radical (unpaired) electrons. The predicted molar refractivity (Wildman–Crippen MR) is 218 cm³/mol. The topological polar surface area (TPSA) is 194 Å². The van der Waals surface area contributed by atoms with Gasteiger partial charge in [-0.25, -0.2) is 9.97 Å². The van der Waals surface area contributed by atoms with E-state index >= 15 is 0 Å². The zero-order chi connectivity index (χ0) is 37.0. The summed E-state index contributed by atoms with van der Waals surface area (Å²) in [6, 6.07) is 22.3. The Morgan fingerprint density at radius 1 is 0.611 bits per heavy atom. The van der Waals surface area contributed by atoms with E-state index in [2.05, 4.69) is 20.6 Å². The molecule has 0 saturated heterocycles. The molecule has 14 heteroatoms. The van der Waals surface area contributed by atoms with Crippen LogP contribution in [0.5, 0.6) is 0 Å². The summed E-state index contributed by atoms with van der Waals surface area (Å²) >= 11 is 0. The van der Waals surface area contributed by atoms with Crippen molar-refractivity contribution < 1.29 is 18.4 Å². The Kier molecular flexibility index (Phi) is 10.4. The third-order valence-corrected chi connectivity index (χ3v) is 11.6. The Bertz CT molecular complexity index is 2410. The highest BCUT2D eigenvalue weighted by atomic mass is 33.1. The minimum atomic E-state index is -0.144. The summed E-state index contributed by atoms with van der Waals surface area (Å²) in [5, 5.41) is 8.00. The van der Waals surface area contributed by atoms with E-state index in [9.17, 15) is 9.59 Å². The lowest BCUT2D eigenvalue weighted by molar-refractivity contribution is 0.0948. The van der Waals surface area contributed by atoms with Crippen molar-refractivity contribution in [1.29, 1.82) is 0 Å². The lowest BCUT2D eigenvalue weighted by Crippen LogP contribution is -2.26. The van der Waals surface area contributed by atoms with E-state index in [0.717, 1.165) is 79.4 Å². The summed E-state index contributed by atoms with van der Waals surface area (Å²) in [6.45, 7) is 2.14. The molecule has 4 aromatic carbocycles. The Hall–Kier alpha value is -5.54. The van der Waals surface area contributed by atoms with E-state index in [1.54, 1.807) is 45.9 Å². The fourth-order valence-corrected chi connectivity index (χ4v) is 8.38. The van der Waals surface area contributed by atoms with E-state index < -0.39 is 0 Å². The minimum Gasteiger partial charge on any atom is -0.436 e. The molecule has 0 spiro atoms. The number of nitrogens with two attached hydrogens (primary N) is 2. The highest BCUT2D eigenvalue weighted by Gasteiger charge is 2.17. The number of hydrogen-bond acceptors (Lipinski definition) is 10. The molecule has 8 rings (SSSR count). The fourth-order valence-electron chi connectivity index (χ4n) is 6.57. The number of carbonyl (C=O) groups is 2. The maximum Gasteiger partial charge on any atom is 0.251 e. The van der Waals surface area contributed by atoms with E-state index in [4.69, 9.17) is 30.3 Å². The largest absolute Gasteiger partial charge is 0.436 e. The van der Waals surface area contributed by atoms with Crippen molar-refractivity contribution in [2.24, 2.45) is 11.5 Å². The van der Waals surface area contributed by atoms with Crippen LogP contribution in [0.25, 0.3) is 66.9 Å². The number of nitrogens with zero attached hydrogens (tertiary/aromatic N) is 2. The second-order valence-corrected chi connectivity index (χ2v) is 15.4. The smallest absolute Gasteiger partial charge is 0.251 e. The number of H-pyrrole nitrogens is 2. The molecule has 0 aliphatic carbocycles. The molecule has 0 atom stereocenters. The molecule has 54 heavy (non-hydrogen) atoms. The maximum atomic E-state index is 12.8. The van der Waals surface area contributed by atoms with Gasteiger partial charge in [0.25, 0.3) is 11.8 Å². The highest BCUT2D eigenvalue weighted by Crippen LogP contribution is 2.33. The molecule has 274 valence electrons. The standard InChI is InChI=1S/C40H38N8O4S2/c41-15-13-27-21-45-29-9-11-31-35(33(27)29)47-39(51-31)25-5-1-23(2-6-25)37(49)43-17-19-53-54-20-18-44-38(50)24-3-7-26(8-4-24)40-48-36-32(52-40)12-10-30-34(36)28(14-16-42)22-46-30/h1-12,21-22,45-46H,13-20,41-42H2,(H,43,49)(H,44,50). The molecule has 8 N–H and O–H groups in total. The molecule has 4 heterocycles. The number of hydrogen-bond donors (Lipinski definition) is 6. The van der Waals surface area contributed by atoms with Crippen LogP contribution >= 0.6 is 21.6 Å². The van der Waals surface area contributed by atoms with Gasteiger partial charge in [0.2, 0.25) is 11.8 Å². The number of rotatable bonds is 15. The van der Waals surface area contributed by atoms with Gasteiger partial charge in [-0.15, -0.1) is 0 Å². The van der Waals surface area contributed by atoms with E-state index in [-0.39, 0.29) is 11.8 Å². The van der Waals surface area contributed by atoms with Crippen LogP contribution in [0.1, 0.15) is 31.8 Å². The zero-order valence-electron chi connectivity index (χ0n) is 29.2. The molecule has 2 amide bonds. The van der Waals surface area contributed by atoms with Crippen molar-refractivity contribution in [1.82, 2.24) is 30.6 Å². The van der Waals surface area contributed by atoms with Crippen molar-refractivity contribution in [3.8, 4) is 22.9 Å². The number of carbonyl (C=O) groups excluding carboxylic acids is 2. The lowest BCUT2D eigenvalue weighted by Gasteiger charge is -2.07. The average molecular weight is 759 g/mol. The Morgan fingerprint density at radius 3 is 1.44 bits per heavy atom. The van der Waals surface area contributed by atoms with Crippen molar-refractivity contribution in [2.45, 2.75) is 12.8 Å². The van der Waals surface area contributed by atoms with E-state index in [1.807, 2.05) is 60.9 Å². The second-order valence-electron chi connectivity index (χ2n) is 12.7. The quantitative estimate of drug-likeness (QED) is 0.0478. The lowest BCUT2D eigenvalue weighted by atomic mass is 10.1. The second kappa shape index (κ2) is 15.8. The Balaban J connectivity index is 0.762. The van der Waals surface area contributed by atoms with E-state index in [1.165, 1.54) is 0 Å². The third kappa shape index (κ3) is 7.20. The fraction of sp³-hybridized carbons (Fsp3) is 0.200. The van der Waals surface area contributed by atoms with Crippen LogP contribution in [0.15, 0.2) is 94.0 Å². The van der Waals surface area contributed by atoms with Crippen molar-refractivity contribution in [3.63, 3.8) is 0 Å². The van der Waals surface area contributed by atoms with Crippen LogP contribution in [0.4, 0.5) is 0 Å². The zero-order valence-corrected chi connectivity index (χ0v) is 30.9. The molecule has 8 aromatic rings. The van der Waals surface area contributed by atoms with Gasteiger partial charge in [-0.2, -0.15) is 0 Å². The summed E-state index contributed by atoms with van der Waals surface area (Å²) in [7, 11) is 3.29. The van der Waals surface area contributed by atoms with Crippen LogP contribution in [-0.2, 0) is 12.8 Å². The van der Waals surface area contributed by atoms with Gasteiger partial charge in [-0.05, 0) is 110 Å². The molecule has 0 saturated carbocycles. The van der Waals surface area contributed by atoms with Crippen LogP contribution in [0.3, 0.4) is 0 Å². The normalized spacial score (nSPS) is 11.7. The number of amides is 2. The number of aromatic amines is 2. The monoisotopic (exact) mass is 758 g/mol. The van der Waals surface area contributed by atoms with Gasteiger partial charge in [0.05, 0.1) is 0 Å². The number of aromatic nitrogens is 4. The Labute approximate surface area is 317 Å². The van der Waals surface area contributed by atoms with Gasteiger partial charge in [0, 0.05) is 81.0 Å². The van der Waals surface area contributed by atoms with Crippen LogP contribution in [-0.4, -0.2) is 69.4 Å². The SMILES string of the molecule is NCCc1c[nH]c2ccc3oc(-c4ccc(C(=O)NCCSSCCNC(=O)c5ccc(-c6nc7c(ccc8[nH]cc(CCN)c87)o6)cc5)cc4)nc3c12. The first-order chi connectivity index (χ1) is 26.5. The molecule has 4 aromatic heterocycles. The molecule has 0 aliphatic heterocycles. The Morgan fingerprint density at radius 2 is 1.04 bits per heavy atom. The molecule has 0 fully saturated rings. The first-order valence-electron chi connectivity index (χ1n) is 17.7. The van der Waals surface area contributed by atoms with Crippen molar-refractivity contribution in [3.05, 3.63) is 107 Å². The highest BCUT2D eigenvalue weighted by molar-refractivity contribution is 8.76. The summed E-state index contributed by atoms with van der Waals surface area (Å²) in [4.78, 5) is 41.7. The summed E-state index contributed by atoms with van der Waals surface area (Å²) < 4.78 is 12.1. The molecule has 0 unspecified atom stereocenters. The number of benzene rings is 4. The maximum absolute atomic E-state index is 12.8. The predicted octanol–water partition coefficient (Wildman–Crippen LogP) is 6.81. The van der Waals surface area contributed by atoms with Gasteiger partial charge in [0.15, 0.2) is 11.2 Å². The molecule has 0 aliphatic rings. The van der Waals surface area contributed by atoms with Crippen LogP contribution < -0.4 is 22.1 Å².